The molecule has 1 atom stereocenters. The number of sulfonamides is 1. The van der Waals surface area contributed by atoms with Gasteiger partial charge in [0.2, 0.25) is 15.9 Å². The average Bonchev–Trinajstić information content (AvgIpc) is 3.42. The molecular weight excluding hydrogens is 494 g/mol. The van der Waals surface area contributed by atoms with E-state index in [0.29, 0.717) is 5.69 Å². The maximum atomic E-state index is 13.4. The number of carbonyl (C=O) groups excluding carboxylic acids is 2. The molecule has 1 aliphatic rings. The van der Waals surface area contributed by atoms with E-state index >= 15 is 0 Å². The van der Waals surface area contributed by atoms with E-state index < -0.39 is 27.9 Å². The topological polar surface area (TPSA) is 87.7 Å². The maximum Gasteiger partial charge on any atom is 0.252 e. The first kappa shape index (κ1) is 24.1. The fraction of sp³-hybridized carbons (Fsp3) is 0.148. The Morgan fingerprint density at radius 1 is 1.08 bits per heavy atom. The number of hydrogen-bond acceptors (Lipinski definition) is 6. The largest absolute Gasteiger partial charge is 0.274 e. The van der Waals surface area contributed by atoms with Crippen LogP contribution in [0.15, 0.2) is 90.3 Å². The molecular formula is C27H23N3O4S2. The van der Waals surface area contributed by atoms with E-state index in [1.807, 2.05) is 31.2 Å². The van der Waals surface area contributed by atoms with Crippen LogP contribution in [-0.4, -0.2) is 42.1 Å². The van der Waals surface area contributed by atoms with Crippen LogP contribution in [0.3, 0.4) is 0 Å². The minimum atomic E-state index is -4.01. The predicted octanol–water partition coefficient (Wildman–Crippen LogP) is 4.78. The molecule has 182 valence electrons. The van der Waals surface area contributed by atoms with Crippen molar-refractivity contribution in [2.75, 3.05) is 11.4 Å². The number of hydrogen-bond donors (Lipinski definition) is 0. The number of anilines is 1. The van der Waals surface area contributed by atoms with E-state index in [4.69, 9.17) is 0 Å². The summed E-state index contributed by atoms with van der Waals surface area (Å²) in [6.45, 7) is 5.58. The molecule has 7 nitrogen and oxygen atoms in total. The first-order valence-electron chi connectivity index (χ1n) is 11.3. The number of fused-ring (bicyclic) bond motifs is 1. The molecule has 3 aromatic carbocycles. The second-order valence-corrected chi connectivity index (χ2v) is 11.4. The Morgan fingerprint density at radius 2 is 1.81 bits per heavy atom. The zero-order valence-corrected chi connectivity index (χ0v) is 21.1. The number of aromatic nitrogens is 1. The van der Waals surface area contributed by atoms with E-state index in [2.05, 4.69) is 17.6 Å². The van der Waals surface area contributed by atoms with E-state index in [0.717, 1.165) is 35.6 Å². The molecule has 2 amide bonds. The van der Waals surface area contributed by atoms with Gasteiger partial charge in [-0.05, 0) is 61.0 Å². The van der Waals surface area contributed by atoms with Crippen molar-refractivity contribution in [1.82, 2.24) is 9.29 Å². The number of imide groups is 1. The van der Waals surface area contributed by atoms with Crippen LogP contribution >= 0.6 is 11.3 Å². The predicted molar refractivity (Wildman–Crippen MR) is 141 cm³/mol. The van der Waals surface area contributed by atoms with Crippen molar-refractivity contribution in [3.8, 4) is 10.6 Å². The Labute approximate surface area is 213 Å². The number of rotatable bonds is 7. The quantitative estimate of drug-likeness (QED) is 0.260. The van der Waals surface area contributed by atoms with Crippen LogP contribution in [0.1, 0.15) is 12.0 Å². The van der Waals surface area contributed by atoms with Crippen molar-refractivity contribution < 1.29 is 18.0 Å². The summed E-state index contributed by atoms with van der Waals surface area (Å²) in [6, 6.07) is 19.8. The van der Waals surface area contributed by atoms with Gasteiger partial charge in [-0.1, -0.05) is 30.3 Å². The van der Waals surface area contributed by atoms with Crippen LogP contribution in [0.25, 0.3) is 20.8 Å². The van der Waals surface area contributed by atoms with Gasteiger partial charge in [-0.25, -0.2) is 18.3 Å². The Kier molecular flexibility index (Phi) is 6.29. The number of carbonyl (C=O) groups is 2. The fourth-order valence-electron chi connectivity index (χ4n) is 4.27. The van der Waals surface area contributed by atoms with Gasteiger partial charge in [0.1, 0.15) is 11.0 Å². The lowest BCUT2D eigenvalue weighted by Crippen LogP contribution is -2.45. The van der Waals surface area contributed by atoms with Crippen molar-refractivity contribution >= 4 is 49.1 Å². The van der Waals surface area contributed by atoms with Gasteiger partial charge in [-0.3, -0.25) is 9.59 Å². The summed E-state index contributed by atoms with van der Waals surface area (Å²) in [5, 5.41) is 0.838. The van der Waals surface area contributed by atoms with Crippen molar-refractivity contribution in [2.24, 2.45) is 0 Å². The molecule has 1 aromatic heterocycles. The summed E-state index contributed by atoms with van der Waals surface area (Å²) in [4.78, 5) is 32.1. The molecule has 0 saturated carbocycles. The van der Waals surface area contributed by atoms with Crippen LogP contribution in [0.5, 0.6) is 0 Å². The van der Waals surface area contributed by atoms with Crippen LogP contribution < -0.4 is 4.90 Å². The van der Waals surface area contributed by atoms with Crippen LogP contribution in [0.2, 0.25) is 0 Å². The third kappa shape index (κ3) is 4.26. The number of benzene rings is 3. The average molecular weight is 518 g/mol. The highest BCUT2D eigenvalue weighted by Crippen LogP contribution is 2.34. The van der Waals surface area contributed by atoms with Gasteiger partial charge in [0.25, 0.3) is 5.91 Å². The lowest BCUT2D eigenvalue weighted by Gasteiger charge is -2.25. The van der Waals surface area contributed by atoms with Crippen LogP contribution in [0.4, 0.5) is 5.69 Å². The molecule has 36 heavy (non-hydrogen) atoms. The molecule has 0 radical (unpaired) electrons. The van der Waals surface area contributed by atoms with Crippen molar-refractivity contribution in [2.45, 2.75) is 24.3 Å². The molecule has 0 bridgehead atoms. The van der Waals surface area contributed by atoms with Crippen LogP contribution in [0, 0.1) is 6.92 Å². The highest BCUT2D eigenvalue weighted by molar-refractivity contribution is 7.89. The van der Waals surface area contributed by atoms with Crippen molar-refractivity contribution in [1.29, 1.82) is 0 Å². The van der Waals surface area contributed by atoms with Gasteiger partial charge in [0.05, 0.1) is 27.2 Å². The molecule has 1 aliphatic heterocycles. The number of aryl methyl sites for hydroxylation is 1. The molecule has 4 aromatic rings. The number of amides is 2. The fourth-order valence-corrected chi connectivity index (χ4v) is 6.91. The second-order valence-electron chi connectivity index (χ2n) is 8.50. The normalized spacial score (nSPS) is 16.3. The van der Waals surface area contributed by atoms with Crippen molar-refractivity contribution in [3.63, 3.8) is 0 Å². The summed E-state index contributed by atoms with van der Waals surface area (Å²) < 4.78 is 28.7. The monoisotopic (exact) mass is 517 g/mol. The Balaban J connectivity index is 1.43. The zero-order chi connectivity index (χ0) is 25.4. The molecule has 2 heterocycles. The molecule has 1 fully saturated rings. The van der Waals surface area contributed by atoms with Gasteiger partial charge in [0.15, 0.2) is 0 Å². The third-order valence-corrected chi connectivity index (χ3v) is 9.00. The van der Waals surface area contributed by atoms with E-state index in [-0.39, 0.29) is 17.9 Å². The number of thiazole rings is 1. The number of nitrogens with zero attached hydrogens (tertiary/aromatic N) is 3. The molecule has 0 spiro atoms. The van der Waals surface area contributed by atoms with Gasteiger partial charge < -0.3 is 0 Å². The Hall–Kier alpha value is -3.66. The minimum absolute atomic E-state index is 0.0564. The third-order valence-electron chi connectivity index (χ3n) is 6.05. The van der Waals surface area contributed by atoms with Gasteiger partial charge in [-0.15, -0.1) is 17.9 Å². The van der Waals surface area contributed by atoms with Gasteiger partial charge in [0, 0.05) is 12.1 Å². The SMILES string of the molecule is C=CCN(C1CC(=O)N(c2ccc(-c3nc4ccc(C)cc4s3)cc2)C1=O)S(=O)(=O)c1ccccc1. The van der Waals surface area contributed by atoms with E-state index in [1.54, 1.807) is 41.7 Å². The lowest BCUT2D eigenvalue weighted by molar-refractivity contribution is -0.122. The molecule has 1 saturated heterocycles. The standard InChI is InChI=1S/C27H23N3O4S2/c1-3-15-29(36(33,34)21-7-5-4-6-8-21)23-17-25(31)30(27(23)32)20-12-10-19(11-13-20)26-28-22-14-9-18(2)16-24(22)35-26/h3-14,16,23H,1,15,17H2,2H3. The second kappa shape index (κ2) is 9.42. The Morgan fingerprint density at radius 3 is 2.50 bits per heavy atom. The van der Waals surface area contributed by atoms with Crippen molar-refractivity contribution in [3.05, 3.63) is 91.0 Å². The van der Waals surface area contributed by atoms with Crippen LogP contribution in [-0.2, 0) is 19.6 Å². The summed E-state index contributed by atoms with van der Waals surface area (Å²) in [6.07, 6.45) is 1.17. The Bertz CT molecular complexity index is 1580. The first-order chi connectivity index (χ1) is 17.3. The van der Waals surface area contributed by atoms with Gasteiger partial charge >= 0.3 is 0 Å². The minimum Gasteiger partial charge on any atom is -0.274 e. The summed E-state index contributed by atoms with van der Waals surface area (Å²) in [5.41, 5.74) is 3.34. The maximum absolute atomic E-state index is 13.4. The highest BCUT2D eigenvalue weighted by atomic mass is 32.2. The highest BCUT2D eigenvalue weighted by Gasteiger charge is 2.46. The summed E-state index contributed by atoms with van der Waals surface area (Å²) >= 11 is 1.57. The summed E-state index contributed by atoms with van der Waals surface area (Å²) in [7, 11) is -4.01. The molecule has 9 heteroatoms. The molecule has 0 aliphatic carbocycles. The lowest BCUT2D eigenvalue weighted by atomic mass is 10.2. The first-order valence-corrected chi connectivity index (χ1v) is 13.6. The molecule has 5 rings (SSSR count). The zero-order valence-electron chi connectivity index (χ0n) is 19.5. The van der Waals surface area contributed by atoms with E-state index in [9.17, 15) is 18.0 Å². The smallest absolute Gasteiger partial charge is 0.252 e. The van der Waals surface area contributed by atoms with Gasteiger partial charge in [-0.2, -0.15) is 4.31 Å². The summed E-state index contributed by atoms with van der Waals surface area (Å²) in [5.74, 6) is -1.03. The molecule has 1 unspecified atom stereocenters. The van der Waals surface area contributed by atoms with E-state index in [1.165, 1.54) is 18.2 Å². The molecule has 0 N–H and O–H groups in total.